The molecular formula is C19H20ClN3O2. The number of likely N-dealkylation sites (N-methyl/N-ethyl adjacent to an activating group) is 1. The van der Waals surface area contributed by atoms with Crippen molar-refractivity contribution in [3.8, 4) is 17.2 Å². The monoisotopic (exact) mass is 357 g/mol. The Kier molecular flexibility index (Phi) is 4.27. The quantitative estimate of drug-likeness (QED) is 0.778. The fraction of sp³-hybridized carbons (Fsp3) is 0.316. The molecule has 1 saturated heterocycles. The Morgan fingerprint density at radius 2 is 1.80 bits per heavy atom. The SMILES string of the molecule is COc1ccc2c(c1)N=C(N1CCN(C)CC1)c1cc(Cl)ccc1O2. The molecule has 0 atom stereocenters. The summed E-state index contributed by atoms with van der Waals surface area (Å²) in [7, 11) is 3.79. The van der Waals surface area contributed by atoms with E-state index in [-0.39, 0.29) is 0 Å². The Hall–Kier alpha value is -2.24. The molecule has 0 spiro atoms. The van der Waals surface area contributed by atoms with Gasteiger partial charge in [0.25, 0.3) is 0 Å². The average molecular weight is 358 g/mol. The van der Waals surface area contributed by atoms with Crippen molar-refractivity contribution in [2.45, 2.75) is 0 Å². The van der Waals surface area contributed by atoms with Crippen molar-refractivity contribution >= 4 is 23.1 Å². The number of benzene rings is 2. The van der Waals surface area contributed by atoms with Crippen molar-refractivity contribution in [1.29, 1.82) is 0 Å². The van der Waals surface area contributed by atoms with Crippen LogP contribution in [0.5, 0.6) is 17.2 Å². The summed E-state index contributed by atoms with van der Waals surface area (Å²) < 4.78 is 11.5. The molecule has 130 valence electrons. The van der Waals surface area contributed by atoms with Gasteiger partial charge >= 0.3 is 0 Å². The second-order valence-corrected chi connectivity index (χ2v) is 6.74. The zero-order valence-corrected chi connectivity index (χ0v) is 15.1. The molecular weight excluding hydrogens is 338 g/mol. The Balaban J connectivity index is 1.84. The second kappa shape index (κ2) is 6.58. The van der Waals surface area contributed by atoms with E-state index >= 15 is 0 Å². The number of methoxy groups -OCH3 is 1. The summed E-state index contributed by atoms with van der Waals surface area (Å²) in [4.78, 5) is 9.56. The fourth-order valence-electron chi connectivity index (χ4n) is 3.12. The van der Waals surface area contributed by atoms with Gasteiger partial charge in [0.15, 0.2) is 5.75 Å². The molecule has 2 aliphatic rings. The van der Waals surface area contributed by atoms with Gasteiger partial charge in [-0.15, -0.1) is 0 Å². The van der Waals surface area contributed by atoms with Gasteiger partial charge in [-0.05, 0) is 37.4 Å². The third kappa shape index (κ3) is 3.17. The highest BCUT2D eigenvalue weighted by Crippen LogP contribution is 2.40. The first kappa shape index (κ1) is 16.2. The molecule has 6 heteroatoms. The highest BCUT2D eigenvalue weighted by atomic mass is 35.5. The Labute approximate surface area is 152 Å². The molecule has 0 radical (unpaired) electrons. The van der Waals surface area contributed by atoms with E-state index in [0.717, 1.165) is 54.8 Å². The average Bonchev–Trinajstić information content (AvgIpc) is 2.78. The third-order valence-corrected chi connectivity index (χ3v) is 4.83. The minimum absolute atomic E-state index is 0.674. The summed E-state index contributed by atoms with van der Waals surface area (Å²) >= 11 is 6.26. The van der Waals surface area contributed by atoms with Crippen LogP contribution in [0.15, 0.2) is 41.4 Å². The van der Waals surface area contributed by atoms with E-state index in [1.807, 2.05) is 36.4 Å². The van der Waals surface area contributed by atoms with E-state index < -0.39 is 0 Å². The largest absolute Gasteiger partial charge is 0.497 e. The maximum atomic E-state index is 6.26. The summed E-state index contributed by atoms with van der Waals surface area (Å²) in [6.07, 6.45) is 0. The molecule has 0 unspecified atom stereocenters. The van der Waals surface area contributed by atoms with Gasteiger partial charge in [-0.3, -0.25) is 0 Å². The molecule has 0 aliphatic carbocycles. The first-order valence-corrected chi connectivity index (χ1v) is 8.70. The number of piperazine rings is 1. The van der Waals surface area contributed by atoms with Crippen LogP contribution < -0.4 is 9.47 Å². The number of aliphatic imine (C=N–C) groups is 1. The van der Waals surface area contributed by atoms with Crippen LogP contribution in [0.25, 0.3) is 0 Å². The topological polar surface area (TPSA) is 37.3 Å². The number of nitrogens with zero attached hydrogens (tertiary/aromatic N) is 3. The lowest BCUT2D eigenvalue weighted by Gasteiger charge is -2.34. The molecule has 0 aromatic heterocycles. The highest BCUT2D eigenvalue weighted by Gasteiger charge is 2.25. The van der Waals surface area contributed by atoms with Gasteiger partial charge in [-0.1, -0.05) is 11.6 Å². The predicted molar refractivity (Wildman–Crippen MR) is 99.8 cm³/mol. The van der Waals surface area contributed by atoms with Crippen LogP contribution in [0, 0.1) is 0 Å². The number of amidine groups is 1. The third-order valence-electron chi connectivity index (χ3n) is 4.60. The number of ether oxygens (including phenoxy) is 2. The summed E-state index contributed by atoms with van der Waals surface area (Å²) in [6, 6.07) is 11.4. The van der Waals surface area contributed by atoms with Crippen LogP contribution in [0.3, 0.4) is 0 Å². The van der Waals surface area contributed by atoms with E-state index in [0.29, 0.717) is 10.8 Å². The minimum atomic E-state index is 0.674. The number of hydrogen-bond donors (Lipinski definition) is 0. The Morgan fingerprint density at radius 1 is 1.04 bits per heavy atom. The van der Waals surface area contributed by atoms with E-state index in [1.165, 1.54) is 0 Å². The van der Waals surface area contributed by atoms with Crippen LogP contribution in [-0.2, 0) is 0 Å². The molecule has 2 aliphatic heterocycles. The van der Waals surface area contributed by atoms with Crippen molar-refractivity contribution in [2.75, 3.05) is 40.3 Å². The smallest absolute Gasteiger partial charge is 0.153 e. The van der Waals surface area contributed by atoms with Gasteiger partial charge in [-0.25, -0.2) is 4.99 Å². The molecule has 2 aromatic rings. The number of halogens is 1. The maximum Gasteiger partial charge on any atom is 0.153 e. The zero-order chi connectivity index (χ0) is 17.4. The van der Waals surface area contributed by atoms with E-state index in [1.54, 1.807) is 7.11 Å². The first-order chi connectivity index (χ1) is 12.1. The fourth-order valence-corrected chi connectivity index (χ4v) is 3.29. The van der Waals surface area contributed by atoms with E-state index in [2.05, 4.69) is 16.8 Å². The summed E-state index contributed by atoms with van der Waals surface area (Å²) in [5.74, 6) is 3.14. The molecule has 25 heavy (non-hydrogen) atoms. The Morgan fingerprint density at radius 3 is 2.56 bits per heavy atom. The van der Waals surface area contributed by atoms with Crippen molar-refractivity contribution in [2.24, 2.45) is 4.99 Å². The van der Waals surface area contributed by atoms with Crippen LogP contribution in [0.1, 0.15) is 5.56 Å². The number of rotatable bonds is 1. The van der Waals surface area contributed by atoms with Crippen LogP contribution in [-0.4, -0.2) is 56.0 Å². The lowest BCUT2D eigenvalue weighted by atomic mass is 10.1. The van der Waals surface area contributed by atoms with Crippen molar-refractivity contribution < 1.29 is 9.47 Å². The molecule has 1 fully saturated rings. The Bertz CT molecular complexity index is 829. The standard InChI is InChI=1S/C19H20ClN3O2/c1-22-7-9-23(10-8-22)19-15-11-13(20)3-5-17(15)25-18-6-4-14(24-2)12-16(18)21-19/h3-6,11-12H,7-10H2,1-2H3. The lowest BCUT2D eigenvalue weighted by molar-refractivity contribution is 0.215. The molecule has 2 aromatic carbocycles. The van der Waals surface area contributed by atoms with Crippen molar-refractivity contribution in [3.05, 3.63) is 47.0 Å². The predicted octanol–water partition coefficient (Wildman–Crippen LogP) is 3.78. The zero-order valence-electron chi connectivity index (χ0n) is 14.3. The van der Waals surface area contributed by atoms with Crippen molar-refractivity contribution in [3.63, 3.8) is 0 Å². The molecule has 0 saturated carbocycles. The van der Waals surface area contributed by atoms with Gasteiger partial charge in [0.05, 0.1) is 12.7 Å². The summed E-state index contributed by atoms with van der Waals surface area (Å²) in [5.41, 5.74) is 1.69. The molecule has 0 N–H and O–H groups in total. The van der Waals surface area contributed by atoms with Crippen LogP contribution in [0.4, 0.5) is 5.69 Å². The van der Waals surface area contributed by atoms with Gasteiger partial charge in [0.1, 0.15) is 23.0 Å². The summed E-state index contributed by atoms with van der Waals surface area (Å²) in [6.45, 7) is 3.84. The number of hydrogen-bond acceptors (Lipinski definition) is 5. The van der Waals surface area contributed by atoms with E-state index in [4.69, 9.17) is 26.1 Å². The highest BCUT2D eigenvalue weighted by molar-refractivity contribution is 6.31. The van der Waals surface area contributed by atoms with E-state index in [9.17, 15) is 0 Å². The molecule has 4 rings (SSSR count). The lowest BCUT2D eigenvalue weighted by Crippen LogP contribution is -2.47. The van der Waals surface area contributed by atoms with Crippen LogP contribution in [0.2, 0.25) is 5.02 Å². The molecule has 0 bridgehead atoms. The van der Waals surface area contributed by atoms with Gasteiger partial charge in [0, 0.05) is 37.3 Å². The first-order valence-electron chi connectivity index (χ1n) is 8.32. The minimum Gasteiger partial charge on any atom is -0.497 e. The molecule has 0 amide bonds. The molecule has 5 nitrogen and oxygen atoms in total. The van der Waals surface area contributed by atoms with Crippen LogP contribution >= 0.6 is 11.6 Å². The summed E-state index contributed by atoms with van der Waals surface area (Å²) in [5, 5.41) is 0.674. The second-order valence-electron chi connectivity index (χ2n) is 6.30. The molecule has 2 heterocycles. The maximum absolute atomic E-state index is 6.26. The van der Waals surface area contributed by atoms with Gasteiger partial charge in [0.2, 0.25) is 0 Å². The number of fused-ring (bicyclic) bond motifs is 2. The van der Waals surface area contributed by atoms with Gasteiger partial charge in [-0.2, -0.15) is 0 Å². The van der Waals surface area contributed by atoms with Gasteiger partial charge < -0.3 is 19.3 Å². The van der Waals surface area contributed by atoms with Crippen molar-refractivity contribution in [1.82, 2.24) is 9.80 Å². The normalized spacial score (nSPS) is 17.1.